The number of hydrogen-bond donors (Lipinski definition) is 2. The highest BCUT2D eigenvalue weighted by molar-refractivity contribution is 5.96. The van der Waals surface area contributed by atoms with Gasteiger partial charge in [-0.2, -0.15) is 0 Å². The van der Waals surface area contributed by atoms with Crippen LogP contribution in [0.25, 0.3) is 0 Å². The molecule has 0 spiro atoms. The van der Waals surface area contributed by atoms with Gasteiger partial charge < -0.3 is 25.2 Å². The highest BCUT2D eigenvalue weighted by Gasteiger charge is 2.39. The van der Waals surface area contributed by atoms with E-state index in [2.05, 4.69) is 83.4 Å². The lowest BCUT2D eigenvalue weighted by molar-refractivity contribution is -0.149. The molecule has 1 heterocycles. The highest BCUT2D eigenvalue weighted by Crippen LogP contribution is 2.29. The van der Waals surface area contributed by atoms with Crippen LogP contribution in [0.4, 0.5) is 0 Å². The van der Waals surface area contributed by atoms with Gasteiger partial charge in [0.05, 0.1) is 19.2 Å². The first kappa shape index (κ1) is 34.5. The first-order valence-electron chi connectivity index (χ1n) is 14.9. The van der Waals surface area contributed by atoms with E-state index in [0.717, 1.165) is 6.42 Å². The second-order valence-electron chi connectivity index (χ2n) is 13.3. The fourth-order valence-corrected chi connectivity index (χ4v) is 5.83. The maximum Gasteiger partial charge on any atom is 0.328 e. The number of nitrogens with one attached hydrogen (secondary N) is 2. The van der Waals surface area contributed by atoms with Gasteiger partial charge in [-0.1, -0.05) is 84.9 Å². The molecule has 2 rings (SSSR count). The van der Waals surface area contributed by atoms with Crippen LogP contribution in [0.3, 0.4) is 0 Å². The molecule has 2 amide bonds. The highest BCUT2D eigenvalue weighted by atomic mass is 16.5. The predicted octanol–water partition coefficient (Wildman–Crippen LogP) is 4.15. The van der Waals surface area contributed by atoms with E-state index >= 15 is 0 Å². The minimum Gasteiger partial charge on any atom is -0.467 e. The number of likely N-dealkylation sites (N-methyl/N-ethyl adjacent to an activating group) is 2. The lowest BCUT2D eigenvalue weighted by atomic mass is 9.77. The van der Waals surface area contributed by atoms with Gasteiger partial charge in [-0.3, -0.25) is 9.59 Å². The average Bonchev–Trinajstić information content (AvgIpc) is 3.42. The Labute approximate surface area is 248 Å². The topological polar surface area (TPSA) is 91.0 Å². The number of likely N-dealkylation sites (tertiary alicyclic amines) is 1. The van der Waals surface area contributed by atoms with Crippen LogP contribution < -0.4 is 10.6 Å². The van der Waals surface area contributed by atoms with Gasteiger partial charge in [-0.15, -0.1) is 0 Å². The number of esters is 1. The smallest absolute Gasteiger partial charge is 0.328 e. The van der Waals surface area contributed by atoms with E-state index in [9.17, 15) is 14.4 Å². The van der Waals surface area contributed by atoms with Crippen molar-refractivity contribution in [3.63, 3.8) is 0 Å². The molecule has 1 aliphatic heterocycles. The lowest BCUT2D eigenvalue weighted by Gasteiger charge is -2.40. The summed E-state index contributed by atoms with van der Waals surface area (Å²) in [5, 5.41) is 7.07. The van der Waals surface area contributed by atoms with Crippen LogP contribution in [0.2, 0.25) is 0 Å². The molecule has 1 saturated heterocycles. The van der Waals surface area contributed by atoms with Crippen molar-refractivity contribution in [2.75, 3.05) is 34.3 Å². The van der Waals surface area contributed by atoms with Gasteiger partial charge in [-0.05, 0) is 43.7 Å². The molecule has 1 aromatic carbocycles. The van der Waals surface area contributed by atoms with Crippen molar-refractivity contribution >= 4 is 17.8 Å². The van der Waals surface area contributed by atoms with Crippen molar-refractivity contribution in [1.82, 2.24) is 20.4 Å². The average molecular weight is 571 g/mol. The zero-order valence-corrected chi connectivity index (χ0v) is 27.2. The molecule has 1 aromatic rings. The van der Waals surface area contributed by atoms with Gasteiger partial charge in [0.2, 0.25) is 11.8 Å². The van der Waals surface area contributed by atoms with E-state index in [1.54, 1.807) is 16.7 Å². The summed E-state index contributed by atoms with van der Waals surface area (Å²) in [6.07, 6.45) is 3.25. The van der Waals surface area contributed by atoms with Crippen molar-refractivity contribution in [2.45, 2.75) is 97.8 Å². The predicted molar refractivity (Wildman–Crippen MR) is 165 cm³/mol. The molecule has 2 N–H and O–H groups in total. The monoisotopic (exact) mass is 570 g/mol. The molecule has 1 fully saturated rings. The minimum atomic E-state index is -0.553. The molecule has 0 saturated carbocycles. The molecular weight excluding hydrogens is 516 g/mol. The summed E-state index contributed by atoms with van der Waals surface area (Å²) in [5.41, 5.74) is 1.24. The number of amides is 2. The van der Waals surface area contributed by atoms with Gasteiger partial charge in [0.25, 0.3) is 0 Å². The zero-order chi connectivity index (χ0) is 31.1. The Morgan fingerprint density at radius 3 is 2.24 bits per heavy atom. The molecule has 4 atom stereocenters. The molecule has 1 aliphatic rings. The molecule has 0 bridgehead atoms. The zero-order valence-electron chi connectivity index (χ0n) is 27.2. The maximum atomic E-state index is 14.1. The van der Waals surface area contributed by atoms with Crippen LogP contribution in [0, 0.1) is 11.3 Å². The van der Waals surface area contributed by atoms with Crippen LogP contribution >= 0.6 is 0 Å². The molecular formula is C33H54N4O4. The quantitative estimate of drug-likeness (QED) is 0.290. The van der Waals surface area contributed by atoms with Gasteiger partial charge >= 0.3 is 5.97 Å². The molecule has 1 unspecified atom stereocenters. The number of hydrogen-bond acceptors (Lipinski definition) is 6. The summed E-state index contributed by atoms with van der Waals surface area (Å²) in [7, 11) is 5.13. The van der Waals surface area contributed by atoms with E-state index in [4.69, 9.17) is 4.74 Å². The standard InChI is InChI=1S/C33H54N4O4/c1-22(2)26(20-23(3)29(38)37-19-15-18-25(37)31(40)41-11)36(10)30(39)28(32(4,5)6)35-21-27(34-9)33(7,8)24-16-13-12-14-17-24/h12-14,16-17,20,22,25-28,34-35H,15,18-19,21H2,1-11H3/b23-20+/t25-,26+,27+,28?/m0/s1. The van der Waals surface area contributed by atoms with Crippen LogP contribution in [-0.2, 0) is 24.5 Å². The number of benzene rings is 1. The number of methoxy groups -OCH3 is 1. The molecule has 0 radical (unpaired) electrons. The SMILES string of the molecule is CN[C@H](CNC(C(=O)N(C)[C@H](/C=C(\C)C(=O)N1CCC[C@H]1C(=O)OC)C(C)C)C(C)(C)C)C(C)(C)c1ccccc1. The number of nitrogens with zero attached hydrogens (tertiary/aromatic N) is 2. The van der Waals surface area contributed by atoms with Gasteiger partial charge in [-0.25, -0.2) is 4.79 Å². The number of rotatable bonds is 12. The van der Waals surface area contributed by atoms with E-state index in [-0.39, 0.29) is 46.6 Å². The third kappa shape index (κ3) is 8.41. The van der Waals surface area contributed by atoms with E-state index < -0.39 is 12.1 Å². The normalized spacial score (nSPS) is 18.7. The van der Waals surface area contributed by atoms with Crippen LogP contribution in [-0.4, -0.2) is 86.0 Å². The summed E-state index contributed by atoms with van der Waals surface area (Å²) in [5.74, 6) is -0.515. The van der Waals surface area contributed by atoms with E-state index in [1.807, 2.05) is 26.2 Å². The molecule has 8 heteroatoms. The second-order valence-corrected chi connectivity index (χ2v) is 13.3. The Kier molecular flexibility index (Phi) is 12.2. The van der Waals surface area contributed by atoms with Gasteiger partial charge in [0, 0.05) is 37.2 Å². The Bertz CT molecular complexity index is 1060. The molecule has 8 nitrogen and oxygen atoms in total. The minimum absolute atomic E-state index is 0.0197. The number of ether oxygens (including phenoxy) is 1. The van der Waals surface area contributed by atoms with Crippen LogP contribution in [0.1, 0.15) is 73.8 Å². The lowest BCUT2D eigenvalue weighted by Crippen LogP contribution is -2.59. The first-order valence-corrected chi connectivity index (χ1v) is 14.9. The van der Waals surface area contributed by atoms with Crippen molar-refractivity contribution < 1.29 is 19.1 Å². The summed E-state index contributed by atoms with van der Waals surface area (Å²) >= 11 is 0. The van der Waals surface area contributed by atoms with Crippen molar-refractivity contribution in [3.05, 3.63) is 47.5 Å². The summed E-state index contributed by atoms with van der Waals surface area (Å²) < 4.78 is 4.92. The van der Waals surface area contributed by atoms with Crippen LogP contribution in [0.5, 0.6) is 0 Å². The van der Waals surface area contributed by atoms with Crippen molar-refractivity contribution in [3.8, 4) is 0 Å². The summed E-state index contributed by atoms with van der Waals surface area (Å²) in [6, 6.07) is 9.21. The first-order chi connectivity index (χ1) is 19.1. The van der Waals surface area contributed by atoms with E-state index in [0.29, 0.717) is 25.1 Å². The van der Waals surface area contributed by atoms with Gasteiger partial charge in [0.15, 0.2) is 0 Å². The summed E-state index contributed by atoms with van der Waals surface area (Å²) in [6.45, 7) is 17.6. The van der Waals surface area contributed by atoms with E-state index in [1.165, 1.54) is 12.7 Å². The Hall–Kier alpha value is -2.71. The largest absolute Gasteiger partial charge is 0.467 e. The number of carbonyl (C=O) groups excluding carboxylic acids is 3. The Morgan fingerprint density at radius 1 is 1.12 bits per heavy atom. The molecule has 41 heavy (non-hydrogen) atoms. The third-order valence-electron chi connectivity index (χ3n) is 8.60. The fraction of sp³-hybridized carbons (Fsp3) is 0.667. The second kappa shape index (κ2) is 14.5. The third-order valence-corrected chi connectivity index (χ3v) is 8.60. The fourth-order valence-electron chi connectivity index (χ4n) is 5.83. The van der Waals surface area contributed by atoms with Crippen molar-refractivity contribution in [1.29, 1.82) is 0 Å². The molecule has 0 aromatic heterocycles. The molecule has 0 aliphatic carbocycles. The van der Waals surface area contributed by atoms with Gasteiger partial charge in [0.1, 0.15) is 6.04 Å². The molecule has 230 valence electrons. The van der Waals surface area contributed by atoms with Crippen molar-refractivity contribution in [2.24, 2.45) is 11.3 Å². The maximum absolute atomic E-state index is 14.1. The Balaban J connectivity index is 2.27. The number of carbonyl (C=O) groups is 3. The van der Waals surface area contributed by atoms with Crippen LogP contribution in [0.15, 0.2) is 42.0 Å². The Morgan fingerprint density at radius 2 is 1.73 bits per heavy atom. The summed E-state index contributed by atoms with van der Waals surface area (Å²) in [4.78, 5) is 43.1.